The predicted octanol–water partition coefficient (Wildman–Crippen LogP) is 4.07. The van der Waals surface area contributed by atoms with E-state index in [1.54, 1.807) is 6.21 Å². The van der Waals surface area contributed by atoms with Crippen LogP contribution in [0.1, 0.15) is 24.0 Å². The molecular weight excluding hydrogens is 544 g/mol. The summed E-state index contributed by atoms with van der Waals surface area (Å²) in [6.45, 7) is 1.93. The fraction of sp³-hybridized carbons (Fsp3) is 0.167. The summed E-state index contributed by atoms with van der Waals surface area (Å²) >= 11 is 4.42. The molecule has 5 nitrogen and oxygen atoms in total. The minimum atomic E-state index is -0.295. The van der Waals surface area contributed by atoms with Gasteiger partial charge in [-0.15, -0.1) is 0 Å². The molecule has 2 N–H and O–H groups in total. The Hall–Kier alpha value is -1.49. The molecule has 2 rings (SSSR count). The van der Waals surface area contributed by atoms with E-state index >= 15 is 0 Å². The van der Waals surface area contributed by atoms with Gasteiger partial charge in [0.1, 0.15) is 0 Å². The molecule has 25 heavy (non-hydrogen) atoms. The molecule has 0 heterocycles. The minimum absolute atomic E-state index is 0.0818. The molecule has 130 valence electrons. The zero-order chi connectivity index (χ0) is 18.2. The van der Waals surface area contributed by atoms with Crippen LogP contribution in [-0.4, -0.2) is 18.0 Å². The number of nitrogens with zero attached hydrogens (tertiary/aromatic N) is 1. The van der Waals surface area contributed by atoms with E-state index in [-0.39, 0.29) is 24.7 Å². The van der Waals surface area contributed by atoms with Crippen molar-refractivity contribution < 1.29 is 9.59 Å². The Morgan fingerprint density at radius 2 is 1.80 bits per heavy atom. The second kappa shape index (κ2) is 9.85. The molecule has 0 unspecified atom stereocenters. The van der Waals surface area contributed by atoms with Gasteiger partial charge < -0.3 is 5.32 Å². The molecule has 2 aromatic carbocycles. The maximum atomic E-state index is 12.0. The number of hydrazone groups is 1. The van der Waals surface area contributed by atoms with Crippen LogP contribution in [0.15, 0.2) is 47.6 Å². The lowest BCUT2D eigenvalue weighted by molar-refractivity contribution is -0.124. The summed E-state index contributed by atoms with van der Waals surface area (Å²) in [6.07, 6.45) is 1.78. The Bertz CT molecular complexity index is 807. The van der Waals surface area contributed by atoms with Crippen molar-refractivity contribution >= 4 is 68.9 Å². The highest BCUT2D eigenvalue weighted by molar-refractivity contribution is 14.1. The van der Waals surface area contributed by atoms with Gasteiger partial charge in [-0.1, -0.05) is 18.2 Å². The Kier molecular flexibility index (Phi) is 7.82. The van der Waals surface area contributed by atoms with Gasteiger partial charge in [0.2, 0.25) is 11.8 Å². The van der Waals surface area contributed by atoms with Crippen molar-refractivity contribution in [1.29, 1.82) is 0 Å². The third-order valence-electron chi connectivity index (χ3n) is 3.34. The molecule has 7 heteroatoms. The molecule has 0 fully saturated rings. The standard InChI is InChI=1S/C18H17I2N3O2/c1-12-10-14(19)6-7-16(12)22-17(24)8-9-18(25)23-21-11-13-4-2-3-5-15(13)20/h2-7,10-11H,8-9H2,1H3,(H,22,24)(H,23,25)/b21-11+. The van der Waals surface area contributed by atoms with Crippen molar-refractivity contribution in [1.82, 2.24) is 5.43 Å². The number of carbonyl (C=O) groups is 2. The number of aryl methyl sites for hydroxylation is 1. The first kappa shape index (κ1) is 19.8. The number of carbonyl (C=O) groups excluding carboxylic acids is 2. The van der Waals surface area contributed by atoms with Crippen LogP contribution in [0.4, 0.5) is 5.69 Å². The van der Waals surface area contributed by atoms with Gasteiger partial charge >= 0.3 is 0 Å². The maximum absolute atomic E-state index is 12.0. The Morgan fingerprint density at radius 1 is 1.08 bits per heavy atom. The molecule has 0 saturated heterocycles. The van der Waals surface area contributed by atoms with E-state index in [0.717, 1.165) is 24.0 Å². The number of nitrogens with one attached hydrogen (secondary N) is 2. The van der Waals surface area contributed by atoms with Crippen LogP contribution < -0.4 is 10.7 Å². The van der Waals surface area contributed by atoms with Gasteiger partial charge in [-0.25, -0.2) is 5.43 Å². The quantitative estimate of drug-likeness (QED) is 0.318. The summed E-state index contributed by atoms with van der Waals surface area (Å²) < 4.78 is 2.16. The smallest absolute Gasteiger partial charge is 0.240 e. The molecule has 0 bridgehead atoms. The molecule has 2 amide bonds. The number of rotatable bonds is 6. The summed E-state index contributed by atoms with van der Waals surface area (Å²) in [6, 6.07) is 13.5. The molecule has 2 aromatic rings. The topological polar surface area (TPSA) is 70.6 Å². The normalized spacial score (nSPS) is 10.7. The van der Waals surface area contributed by atoms with Crippen molar-refractivity contribution in [2.24, 2.45) is 5.10 Å². The third-order valence-corrected chi connectivity index (χ3v) is 4.99. The molecule has 0 aliphatic rings. The fourth-order valence-electron chi connectivity index (χ4n) is 2.02. The van der Waals surface area contributed by atoms with Crippen LogP contribution in [-0.2, 0) is 9.59 Å². The summed E-state index contributed by atoms with van der Waals surface area (Å²) in [5, 5.41) is 6.75. The SMILES string of the molecule is Cc1cc(I)ccc1NC(=O)CCC(=O)N/N=C/c1ccccc1I. The van der Waals surface area contributed by atoms with Crippen molar-refractivity contribution in [2.45, 2.75) is 19.8 Å². The number of amides is 2. The highest BCUT2D eigenvalue weighted by Crippen LogP contribution is 2.18. The van der Waals surface area contributed by atoms with Crippen LogP contribution in [0, 0.1) is 14.1 Å². The van der Waals surface area contributed by atoms with Crippen LogP contribution in [0.2, 0.25) is 0 Å². The number of halogens is 2. The number of benzene rings is 2. The van der Waals surface area contributed by atoms with Crippen LogP contribution >= 0.6 is 45.2 Å². The third kappa shape index (κ3) is 6.73. The first-order valence-electron chi connectivity index (χ1n) is 7.58. The molecule has 0 saturated carbocycles. The first-order chi connectivity index (χ1) is 12.0. The monoisotopic (exact) mass is 561 g/mol. The zero-order valence-corrected chi connectivity index (χ0v) is 17.9. The summed E-state index contributed by atoms with van der Waals surface area (Å²) in [5.41, 5.74) is 5.13. The molecular formula is C18H17I2N3O2. The van der Waals surface area contributed by atoms with Crippen molar-refractivity contribution in [3.8, 4) is 0 Å². The van der Waals surface area contributed by atoms with Gasteiger partial charge in [-0.2, -0.15) is 5.10 Å². The summed E-state index contributed by atoms with van der Waals surface area (Å²) in [4.78, 5) is 23.7. The Balaban J connectivity index is 1.77. The highest BCUT2D eigenvalue weighted by atomic mass is 127. The molecule has 0 radical (unpaired) electrons. The predicted molar refractivity (Wildman–Crippen MR) is 117 cm³/mol. The average Bonchev–Trinajstić information content (AvgIpc) is 2.57. The number of hydrogen-bond donors (Lipinski definition) is 2. The summed E-state index contributed by atoms with van der Waals surface area (Å²) in [7, 11) is 0. The van der Waals surface area contributed by atoms with Crippen LogP contribution in [0.5, 0.6) is 0 Å². The van der Waals surface area contributed by atoms with E-state index in [1.807, 2.05) is 49.4 Å². The van der Waals surface area contributed by atoms with Crippen molar-refractivity contribution in [2.75, 3.05) is 5.32 Å². The molecule has 0 aromatic heterocycles. The zero-order valence-electron chi connectivity index (χ0n) is 13.6. The lowest BCUT2D eigenvalue weighted by atomic mass is 10.2. The number of hydrogen-bond acceptors (Lipinski definition) is 3. The maximum Gasteiger partial charge on any atom is 0.240 e. The van der Waals surface area contributed by atoms with Gasteiger partial charge in [0, 0.05) is 31.2 Å². The number of anilines is 1. The Labute approximate surface area is 173 Å². The van der Waals surface area contributed by atoms with Gasteiger partial charge in [0.15, 0.2) is 0 Å². The molecule has 0 aliphatic heterocycles. The second-order valence-corrected chi connectivity index (χ2v) is 7.73. The second-order valence-electron chi connectivity index (χ2n) is 5.32. The molecule has 0 aliphatic carbocycles. The molecule has 0 spiro atoms. The fourth-order valence-corrected chi connectivity index (χ4v) is 3.19. The lowest BCUT2D eigenvalue weighted by Gasteiger charge is -2.08. The van der Waals surface area contributed by atoms with E-state index < -0.39 is 0 Å². The van der Waals surface area contributed by atoms with E-state index in [0.29, 0.717) is 0 Å². The van der Waals surface area contributed by atoms with Crippen LogP contribution in [0.3, 0.4) is 0 Å². The molecule has 0 atom stereocenters. The lowest BCUT2D eigenvalue weighted by Crippen LogP contribution is -2.21. The van der Waals surface area contributed by atoms with E-state index in [4.69, 9.17) is 0 Å². The van der Waals surface area contributed by atoms with Gasteiger partial charge in [0.25, 0.3) is 0 Å². The summed E-state index contributed by atoms with van der Waals surface area (Å²) in [5.74, 6) is -0.488. The van der Waals surface area contributed by atoms with Crippen molar-refractivity contribution in [3.05, 3.63) is 60.7 Å². The average molecular weight is 561 g/mol. The van der Waals surface area contributed by atoms with Gasteiger partial charge in [-0.05, 0) is 81.9 Å². The van der Waals surface area contributed by atoms with E-state index in [1.165, 1.54) is 0 Å². The van der Waals surface area contributed by atoms with E-state index in [9.17, 15) is 9.59 Å². The van der Waals surface area contributed by atoms with Crippen molar-refractivity contribution in [3.63, 3.8) is 0 Å². The first-order valence-corrected chi connectivity index (χ1v) is 9.74. The minimum Gasteiger partial charge on any atom is -0.326 e. The highest BCUT2D eigenvalue weighted by Gasteiger charge is 2.08. The Morgan fingerprint density at radius 3 is 2.52 bits per heavy atom. The van der Waals surface area contributed by atoms with Crippen LogP contribution in [0.25, 0.3) is 0 Å². The van der Waals surface area contributed by atoms with E-state index in [2.05, 4.69) is 61.0 Å². The van der Waals surface area contributed by atoms with Gasteiger partial charge in [0.05, 0.1) is 6.21 Å². The van der Waals surface area contributed by atoms with Gasteiger partial charge in [-0.3, -0.25) is 9.59 Å². The largest absolute Gasteiger partial charge is 0.326 e.